The first kappa shape index (κ1) is 22.6. The molecule has 0 atom stereocenters. The van der Waals surface area contributed by atoms with Gasteiger partial charge in [-0.2, -0.15) is 0 Å². The molecule has 0 radical (unpaired) electrons. The number of carbonyl (C=O) groups excluding carboxylic acids is 1. The second-order valence-corrected chi connectivity index (χ2v) is 9.80. The van der Waals surface area contributed by atoms with Gasteiger partial charge in [-0.05, 0) is 66.8 Å². The number of aryl methyl sites for hydroxylation is 2. The monoisotopic (exact) mass is 436 g/mol. The summed E-state index contributed by atoms with van der Waals surface area (Å²) >= 11 is 0. The second kappa shape index (κ2) is 9.35. The number of nitrogens with zero attached hydrogens (tertiary/aromatic N) is 1. The van der Waals surface area contributed by atoms with Crippen LogP contribution in [-0.4, -0.2) is 20.9 Å². The molecule has 0 bridgehead atoms. The van der Waals surface area contributed by atoms with Gasteiger partial charge >= 0.3 is 0 Å². The van der Waals surface area contributed by atoms with Crippen molar-refractivity contribution in [2.75, 3.05) is 16.2 Å². The molecule has 0 aliphatic heterocycles. The van der Waals surface area contributed by atoms with Crippen LogP contribution in [0.1, 0.15) is 36.5 Å². The lowest BCUT2D eigenvalue weighted by Gasteiger charge is -2.26. The molecule has 31 heavy (non-hydrogen) atoms. The number of benzene rings is 3. The zero-order valence-corrected chi connectivity index (χ0v) is 19.1. The minimum atomic E-state index is -3.93. The first-order chi connectivity index (χ1) is 14.7. The number of sulfonamides is 1. The molecule has 0 spiro atoms. The maximum atomic E-state index is 13.4. The molecule has 3 aromatic carbocycles. The molecular weight excluding hydrogens is 408 g/mol. The second-order valence-electron chi connectivity index (χ2n) is 7.94. The standard InChI is InChI=1S/C25H28N2O3S/c1-18(2)21-12-14-22(15-13-21)26-25(28)17-27(24-16-19(3)10-11-20(24)4)31(29,30)23-8-6-5-7-9-23/h5-16,18H,17H2,1-4H3,(H,26,28). The Morgan fingerprint density at radius 2 is 1.58 bits per heavy atom. The highest BCUT2D eigenvalue weighted by Gasteiger charge is 2.28. The summed E-state index contributed by atoms with van der Waals surface area (Å²) < 4.78 is 28.1. The average molecular weight is 437 g/mol. The van der Waals surface area contributed by atoms with Crippen molar-refractivity contribution in [1.82, 2.24) is 0 Å². The lowest BCUT2D eigenvalue weighted by Crippen LogP contribution is -2.38. The Hall–Kier alpha value is -3.12. The lowest BCUT2D eigenvalue weighted by molar-refractivity contribution is -0.114. The Labute approximate surface area is 184 Å². The lowest BCUT2D eigenvalue weighted by atomic mass is 10.0. The SMILES string of the molecule is Cc1ccc(C)c(N(CC(=O)Nc2ccc(C(C)C)cc2)S(=O)(=O)c2ccccc2)c1. The van der Waals surface area contributed by atoms with Crippen LogP contribution in [0.5, 0.6) is 0 Å². The Morgan fingerprint density at radius 3 is 2.19 bits per heavy atom. The summed E-state index contributed by atoms with van der Waals surface area (Å²) in [6, 6.07) is 21.3. The van der Waals surface area contributed by atoms with E-state index in [1.54, 1.807) is 24.3 Å². The highest BCUT2D eigenvalue weighted by Crippen LogP contribution is 2.28. The first-order valence-corrected chi connectivity index (χ1v) is 11.7. The molecular formula is C25H28N2O3S. The smallest absolute Gasteiger partial charge is 0.264 e. The largest absolute Gasteiger partial charge is 0.325 e. The molecule has 1 N–H and O–H groups in total. The maximum absolute atomic E-state index is 13.4. The van der Waals surface area contributed by atoms with Gasteiger partial charge in [0.05, 0.1) is 10.6 Å². The van der Waals surface area contributed by atoms with Crippen LogP contribution in [-0.2, 0) is 14.8 Å². The van der Waals surface area contributed by atoms with E-state index in [9.17, 15) is 13.2 Å². The van der Waals surface area contributed by atoms with Crippen molar-refractivity contribution >= 4 is 27.3 Å². The van der Waals surface area contributed by atoms with Gasteiger partial charge in [-0.25, -0.2) is 8.42 Å². The minimum Gasteiger partial charge on any atom is -0.325 e. The van der Waals surface area contributed by atoms with Gasteiger partial charge in [-0.1, -0.05) is 56.3 Å². The Balaban J connectivity index is 1.93. The Kier molecular flexibility index (Phi) is 6.81. The van der Waals surface area contributed by atoms with E-state index in [-0.39, 0.29) is 11.4 Å². The van der Waals surface area contributed by atoms with Gasteiger partial charge in [0.15, 0.2) is 0 Å². The third kappa shape index (κ3) is 5.33. The fourth-order valence-electron chi connectivity index (χ4n) is 3.29. The van der Waals surface area contributed by atoms with Crippen LogP contribution in [0.15, 0.2) is 77.7 Å². The normalized spacial score (nSPS) is 11.4. The van der Waals surface area contributed by atoms with Crippen LogP contribution in [0.4, 0.5) is 11.4 Å². The van der Waals surface area contributed by atoms with E-state index in [0.29, 0.717) is 17.3 Å². The summed E-state index contributed by atoms with van der Waals surface area (Å²) in [6.45, 7) is 7.61. The van der Waals surface area contributed by atoms with Crippen LogP contribution in [0.25, 0.3) is 0 Å². The van der Waals surface area contributed by atoms with Crippen molar-refractivity contribution in [2.24, 2.45) is 0 Å². The molecule has 6 heteroatoms. The van der Waals surface area contributed by atoms with Crippen LogP contribution in [0.2, 0.25) is 0 Å². The van der Waals surface area contributed by atoms with Crippen LogP contribution in [0.3, 0.4) is 0 Å². The van der Waals surface area contributed by atoms with E-state index in [0.717, 1.165) is 11.1 Å². The number of nitrogens with one attached hydrogen (secondary N) is 1. The van der Waals surface area contributed by atoms with Gasteiger partial charge in [0.2, 0.25) is 5.91 Å². The van der Waals surface area contributed by atoms with E-state index in [1.165, 1.54) is 22.0 Å². The summed E-state index contributed by atoms with van der Waals surface area (Å²) in [6.07, 6.45) is 0. The summed E-state index contributed by atoms with van der Waals surface area (Å²) in [5.74, 6) is -0.0155. The maximum Gasteiger partial charge on any atom is 0.264 e. The molecule has 0 fully saturated rings. The highest BCUT2D eigenvalue weighted by atomic mass is 32.2. The average Bonchev–Trinajstić information content (AvgIpc) is 2.75. The van der Waals surface area contributed by atoms with E-state index >= 15 is 0 Å². The molecule has 3 aromatic rings. The van der Waals surface area contributed by atoms with Gasteiger partial charge in [-0.3, -0.25) is 9.10 Å². The van der Waals surface area contributed by atoms with Gasteiger partial charge in [0, 0.05) is 5.69 Å². The third-order valence-electron chi connectivity index (χ3n) is 5.11. The predicted molar refractivity (Wildman–Crippen MR) is 126 cm³/mol. The van der Waals surface area contributed by atoms with Crippen LogP contribution < -0.4 is 9.62 Å². The minimum absolute atomic E-state index is 0.144. The molecule has 162 valence electrons. The summed E-state index contributed by atoms with van der Waals surface area (Å²) in [5.41, 5.74) is 3.99. The topological polar surface area (TPSA) is 66.5 Å². The number of rotatable bonds is 7. The summed E-state index contributed by atoms with van der Waals surface area (Å²) in [7, 11) is -3.93. The summed E-state index contributed by atoms with van der Waals surface area (Å²) in [4.78, 5) is 13.0. The first-order valence-electron chi connectivity index (χ1n) is 10.2. The van der Waals surface area contributed by atoms with Crippen molar-refractivity contribution < 1.29 is 13.2 Å². The highest BCUT2D eigenvalue weighted by molar-refractivity contribution is 7.92. The van der Waals surface area contributed by atoms with E-state index < -0.39 is 15.9 Å². The van der Waals surface area contributed by atoms with Gasteiger partial charge in [0.1, 0.15) is 6.54 Å². The van der Waals surface area contributed by atoms with Gasteiger partial charge in [-0.15, -0.1) is 0 Å². The van der Waals surface area contributed by atoms with Gasteiger partial charge in [0.25, 0.3) is 10.0 Å². The van der Waals surface area contributed by atoms with Crippen molar-refractivity contribution in [2.45, 2.75) is 38.5 Å². The molecule has 1 amide bonds. The van der Waals surface area contributed by atoms with Crippen molar-refractivity contribution in [3.05, 3.63) is 89.5 Å². The molecule has 0 aliphatic carbocycles. The van der Waals surface area contributed by atoms with E-state index in [1.807, 2.05) is 50.2 Å². The molecule has 0 unspecified atom stereocenters. The molecule has 0 heterocycles. The van der Waals surface area contributed by atoms with Crippen molar-refractivity contribution in [3.8, 4) is 0 Å². The van der Waals surface area contributed by atoms with E-state index in [2.05, 4.69) is 19.2 Å². The molecule has 0 aromatic heterocycles. The molecule has 5 nitrogen and oxygen atoms in total. The summed E-state index contributed by atoms with van der Waals surface area (Å²) in [5, 5.41) is 2.82. The molecule has 0 saturated heterocycles. The quantitative estimate of drug-likeness (QED) is 0.549. The predicted octanol–water partition coefficient (Wildman–Crippen LogP) is 5.26. The Bertz CT molecular complexity index is 1160. The fourth-order valence-corrected chi connectivity index (χ4v) is 4.79. The van der Waals surface area contributed by atoms with Crippen LogP contribution >= 0.6 is 0 Å². The third-order valence-corrected chi connectivity index (χ3v) is 6.89. The zero-order chi connectivity index (χ0) is 22.6. The number of anilines is 2. The number of hydrogen-bond acceptors (Lipinski definition) is 3. The molecule has 0 aliphatic rings. The molecule has 0 saturated carbocycles. The zero-order valence-electron chi connectivity index (χ0n) is 18.3. The number of carbonyl (C=O) groups is 1. The molecule has 3 rings (SSSR count). The van der Waals surface area contributed by atoms with Crippen molar-refractivity contribution in [3.63, 3.8) is 0 Å². The number of amides is 1. The van der Waals surface area contributed by atoms with Crippen molar-refractivity contribution in [1.29, 1.82) is 0 Å². The Morgan fingerprint density at radius 1 is 0.935 bits per heavy atom. The van der Waals surface area contributed by atoms with E-state index in [4.69, 9.17) is 0 Å². The number of hydrogen-bond donors (Lipinski definition) is 1. The van der Waals surface area contributed by atoms with Crippen LogP contribution in [0, 0.1) is 13.8 Å². The van der Waals surface area contributed by atoms with Gasteiger partial charge < -0.3 is 5.32 Å². The fraction of sp³-hybridized carbons (Fsp3) is 0.240.